The molecule has 0 aromatic carbocycles. The van der Waals surface area contributed by atoms with Gasteiger partial charge in [0.1, 0.15) is 16.2 Å². The molecule has 0 aliphatic heterocycles. The van der Waals surface area contributed by atoms with Gasteiger partial charge in [-0.3, -0.25) is 4.79 Å². The van der Waals surface area contributed by atoms with Gasteiger partial charge >= 0.3 is 5.97 Å². The molecule has 2 aliphatic rings. The highest BCUT2D eigenvalue weighted by Crippen LogP contribution is 2.40. The van der Waals surface area contributed by atoms with E-state index >= 15 is 0 Å². The number of amides is 1. The first kappa shape index (κ1) is 20.4. The lowest BCUT2D eigenvalue weighted by atomic mass is 10.1. The number of nitrogens with zero attached hydrogens (tertiary/aromatic N) is 2. The average molecular weight is 458 g/mol. The van der Waals surface area contributed by atoms with Crippen LogP contribution in [0.1, 0.15) is 56.9 Å². The zero-order valence-electron chi connectivity index (χ0n) is 17.3. The second kappa shape index (κ2) is 8.55. The molecule has 3 aromatic rings. The lowest BCUT2D eigenvalue weighted by Crippen LogP contribution is -2.21. The van der Waals surface area contributed by atoms with Crippen LogP contribution in [0.5, 0.6) is 5.88 Å². The van der Waals surface area contributed by atoms with Gasteiger partial charge in [-0.15, -0.1) is 22.7 Å². The van der Waals surface area contributed by atoms with E-state index in [2.05, 4.69) is 15.3 Å². The predicted octanol–water partition coefficient (Wildman–Crippen LogP) is 4.31. The first-order valence-electron chi connectivity index (χ1n) is 10.6. The number of nitrogens with one attached hydrogen (secondary N) is 1. The SMILES string of the molecule is COC(=O)c1c(NC(=O)COc2ncnc3sc4c(c23)CCC4)sc2c1CCCCC2. The monoisotopic (exact) mass is 457 g/mol. The van der Waals surface area contributed by atoms with Crippen LogP contribution in [0.3, 0.4) is 0 Å². The minimum absolute atomic E-state index is 0.181. The van der Waals surface area contributed by atoms with E-state index in [4.69, 9.17) is 9.47 Å². The molecule has 31 heavy (non-hydrogen) atoms. The number of carbonyl (C=O) groups excluding carboxylic acids is 2. The average Bonchev–Trinajstić information content (AvgIpc) is 3.40. The van der Waals surface area contributed by atoms with Crippen LogP contribution >= 0.6 is 22.7 Å². The van der Waals surface area contributed by atoms with Crippen molar-refractivity contribution in [2.45, 2.75) is 51.4 Å². The molecule has 0 spiro atoms. The molecular formula is C22H23N3O4S2. The summed E-state index contributed by atoms with van der Waals surface area (Å²) in [5, 5.41) is 4.37. The first-order chi connectivity index (χ1) is 15.2. The Morgan fingerprint density at radius 3 is 2.65 bits per heavy atom. The summed E-state index contributed by atoms with van der Waals surface area (Å²) in [6, 6.07) is 0. The van der Waals surface area contributed by atoms with E-state index in [0.717, 1.165) is 67.1 Å². The van der Waals surface area contributed by atoms with Crippen LogP contribution in [0.2, 0.25) is 0 Å². The highest BCUT2D eigenvalue weighted by molar-refractivity contribution is 7.19. The fraction of sp³-hybridized carbons (Fsp3) is 0.455. The van der Waals surface area contributed by atoms with E-state index < -0.39 is 5.97 Å². The van der Waals surface area contributed by atoms with Crippen LogP contribution in [0.4, 0.5) is 5.00 Å². The second-order valence-electron chi connectivity index (χ2n) is 7.81. The number of methoxy groups -OCH3 is 1. The Morgan fingerprint density at radius 1 is 1.00 bits per heavy atom. The molecule has 1 N–H and O–H groups in total. The number of rotatable bonds is 5. The van der Waals surface area contributed by atoms with Gasteiger partial charge in [-0.2, -0.15) is 0 Å². The molecule has 7 nitrogen and oxygen atoms in total. The van der Waals surface area contributed by atoms with Gasteiger partial charge in [0.2, 0.25) is 5.88 Å². The van der Waals surface area contributed by atoms with Crippen LogP contribution in [0.25, 0.3) is 10.2 Å². The predicted molar refractivity (Wildman–Crippen MR) is 120 cm³/mol. The molecule has 0 radical (unpaired) electrons. The normalized spacial score (nSPS) is 15.3. The van der Waals surface area contributed by atoms with Gasteiger partial charge in [0.25, 0.3) is 5.91 Å². The highest BCUT2D eigenvalue weighted by Gasteiger charge is 2.27. The van der Waals surface area contributed by atoms with E-state index in [-0.39, 0.29) is 12.5 Å². The van der Waals surface area contributed by atoms with E-state index in [9.17, 15) is 9.59 Å². The van der Waals surface area contributed by atoms with E-state index in [0.29, 0.717) is 16.4 Å². The highest BCUT2D eigenvalue weighted by atomic mass is 32.1. The van der Waals surface area contributed by atoms with Crippen molar-refractivity contribution in [3.63, 3.8) is 0 Å². The molecular weight excluding hydrogens is 434 g/mol. The maximum absolute atomic E-state index is 12.7. The lowest BCUT2D eigenvalue weighted by Gasteiger charge is -2.09. The van der Waals surface area contributed by atoms with Crippen LogP contribution in [-0.4, -0.2) is 35.6 Å². The molecule has 2 aliphatic carbocycles. The number of aryl methyl sites for hydroxylation is 3. The molecule has 0 fully saturated rings. The van der Waals surface area contributed by atoms with Crippen molar-refractivity contribution in [2.24, 2.45) is 0 Å². The molecule has 0 saturated carbocycles. The van der Waals surface area contributed by atoms with Crippen molar-refractivity contribution in [1.82, 2.24) is 9.97 Å². The number of esters is 1. The summed E-state index contributed by atoms with van der Waals surface area (Å²) < 4.78 is 10.8. The molecule has 5 rings (SSSR count). The number of hydrogen-bond donors (Lipinski definition) is 1. The fourth-order valence-electron chi connectivity index (χ4n) is 4.45. The van der Waals surface area contributed by atoms with Gasteiger partial charge in [0.15, 0.2) is 6.61 Å². The number of carbonyl (C=O) groups is 2. The third-order valence-electron chi connectivity index (χ3n) is 5.87. The maximum Gasteiger partial charge on any atom is 0.341 e. The van der Waals surface area contributed by atoms with Crippen molar-refractivity contribution >= 4 is 49.8 Å². The maximum atomic E-state index is 12.7. The Hall–Kier alpha value is -2.52. The Balaban J connectivity index is 1.35. The number of thiophene rings is 2. The zero-order chi connectivity index (χ0) is 21.4. The summed E-state index contributed by atoms with van der Waals surface area (Å²) in [4.78, 5) is 37.2. The number of ether oxygens (including phenoxy) is 2. The van der Waals surface area contributed by atoms with E-state index in [1.54, 1.807) is 11.3 Å². The van der Waals surface area contributed by atoms with Crippen LogP contribution < -0.4 is 10.1 Å². The van der Waals surface area contributed by atoms with Crippen LogP contribution in [0, 0.1) is 0 Å². The summed E-state index contributed by atoms with van der Waals surface area (Å²) in [5.74, 6) is -0.267. The Labute approximate surface area is 187 Å². The van der Waals surface area contributed by atoms with Gasteiger partial charge in [-0.05, 0) is 56.1 Å². The van der Waals surface area contributed by atoms with Crippen LogP contribution in [0.15, 0.2) is 6.33 Å². The Kier molecular flexibility index (Phi) is 5.62. The van der Waals surface area contributed by atoms with Crippen molar-refractivity contribution in [1.29, 1.82) is 0 Å². The van der Waals surface area contributed by atoms with Crippen molar-refractivity contribution in [3.8, 4) is 5.88 Å². The number of anilines is 1. The largest absolute Gasteiger partial charge is 0.467 e. The summed E-state index contributed by atoms with van der Waals surface area (Å²) in [5.41, 5.74) is 2.78. The second-order valence-corrected chi connectivity index (χ2v) is 10.0. The number of aromatic nitrogens is 2. The third kappa shape index (κ3) is 3.80. The number of fused-ring (bicyclic) bond motifs is 4. The number of hydrogen-bond acceptors (Lipinski definition) is 8. The molecule has 0 saturated heterocycles. The third-order valence-corrected chi connectivity index (χ3v) is 8.28. The standard InChI is InChI=1S/C22H23N3O4S2/c1-28-22(27)18-13-6-3-2-4-8-14(13)31-21(18)25-16(26)10-29-19-17-12-7-5-9-15(12)30-20(17)24-11-23-19/h11H,2-10H2,1H3,(H,25,26). The summed E-state index contributed by atoms with van der Waals surface area (Å²) in [6.07, 6.45) is 9.72. The van der Waals surface area contributed by atoms with Gasteiger partial charge in [0.05, 0.1) is 18.1 Å². The van der Waals surface area contributed by atoms with Crippen molar-refractivity contribution in [3.05, 3.63) is 32.8 Å². The van der Waals surface area contributed by atoms with Gasteiger partial charge in [-0.1, -0.05) is 6.42 Å². The Bertz CT molecular complexity index is 1170. The molecule has 1 amide bonds. The molecule has 0 bridgehead atoms. The molecule has 162 valence electrons. The van der Waals surface area contributed by atoms with Crippen molar-refractivity contribution < 1.29 is 19.1 Å². The fourth-order valence-corrected chi connectivity index (χ4v) is 6.97. The minimum Gasteiger partial charge on any atom is -0.467 e. The summed E-state index contributed by atoms with van der Waals surface area (Å²) in [6.45, 7) is -0.181. The first-order valence-corrected chi connectivity index (χ1v) is 12.2. The van der Waals surface area contributed by atoms with E-state index in [1.165, 1.54) is 40.1 Å². The minimum atomic E-state index is -0.401. The molecule has 0 atom stereocenters. The quantitative estimate of drug-likeness (QED) is 0.453. The van der Waals surface area contributed by atoms with E-state index in [1.807, 2.05) is 0 Å². The van der Waals surface area contributed by atoms with Gasteiger partial charge in [0, 0.05) is 9.75 Å². The molecule has 9 heteroatoms. The van der Waals surface area contributed by atoms with Gasteiger partial charge in [-0.25, -0.2) is 14.8 Å². The molecule has 3 aromatic heterocycles. The Morgan fingerprint density at radius 2 is 1.77 bits per heavy atom. The topological polar surface area (TPSA) is 90.4 Å². The van der Waals surface area contributed by atoms with Crippen LogP contribution in [-0.2, 0) is 35.2 Å². The molecule has 3 heterocycles. The molecule has 0 unspecified atom stereocenters. The van der Waals surface area contributed by atoms with Gasteiger partial charge < -0.3 is 14.8 Å². The summed E-state index contributed by atoms with van der Waals surface area (Å²) in [7, 11) is 1.37. The smallest absolute Gasteiger partial charge is 0.341 e. The van der Waals surface area contributed by atoms with Crippen molar-refractivity contribution in [2.75, 3.05) is 19.0 Å². The summed E-state index contributed by atoms with van der Waals surface area (Å²) >= 11 is 3.16. The zero-order valence-corrected chi connectivity index (χ0v) is 18.9. The lowest BCUT2D eigenvalue weighted by molar-refractivity contribution is -0.118.